The van der Waals surface area contributed by atoms with Crippen molar-refractivity contribution in [1.82, 2.24) is 10.2 Å². The molecule has 2 aromatic rings. The average Bonchev–Trinajstić information content (AvgIpc) is 2.86. The Labute approximate surface area is 201 Å². The van der Waals surface area contributed by atoms with Crippen LogP contribution in [0, 0.1) is 17.8 Å². The molecule has 2 aromatic carbocycles. The van der Waals surface area contributed by atoms with E-state index in [-0.39, 0.29) is 11.8 Å². The van der Waals surface area contributed by atoms with E-state index in [4.69, 9.17) is 9.84 Å². The number of nitrogens with zero attached hydrogens (tertiary/aromatic N) is 1. The summed E-state index contributed by atoms with van der Waals surface area (Å²) < 4.78 is 5.39. The fourth-order valence-electron chi connectivity index (χ4n) is 3.66. The number of hydrogen-bond acceptors (Lipinski definition) is 5. The Bertz CT molecular complexity index is 1040. The number of nitrogens with one attached hydrogen (secondary N) is 1. The number of morpholine rings is 1. The number of benzene rings is 2. The van der Waals surface area contributed by atoms with Crippen molar-refractivity contribution in [3.63, 3.8) is 0 Å². The van der Waals surface area contributed by atoms with Crippen molar-refractivity contribution in [3.8, 4) is 11.8 Å². The van der Waals surface area contributed by atoms with Crippen LogP contribution in [0.15, 0.2) is 54.6 Å². The number of ether oxygens (including phenoxy) is 1. The summed E-state index contributed by atoms with van der Waals surface area (Å²) >= 11 is 0. The van der Waals surface area contributed by atoms with Crippen molar-refractivity contribution in [2.24, 2.45) is 5.92 Å². The normalized spacial score (nSPS) is 15.1. The third kappa shape index (κ3) is 7.67. The Morgan fingerprint density at radius 1 is 1.09 bits per heavy atom. The van der Waals surface area contributed by atoms with Gasteiger partial charge in [-0.15, -0.1) is 0 Å². The number of allylic oxidation sites excluding steroid dienone is 1. The molecule has 0 bridgehead atoms. The van der Waals surface area contributed by atoms with E-state index in [0.29, 0.717) is 5.56 Å². The molecule has 0 spiro atoms. The van der Waals surface area contributed by atoms with Gasteiger partial charge in [-0.3, -0.25) is 14.5 Å². The molecule has 1 aliphatic heterocycles. The monoisotopic (exact) mass is 460 g/mol. The minimum atomic E-state index is -0.712. The SMILES string of the molecule is CC(C)[C@H](NC(=O)c1ccc(C#CC=Cc2ccc(CN3CCOCC3)cc2)cc1)C(=O)CO. The number of carbonyl (C=O) groups is 2. The highest BCUT2D eigenvalue weighted by Crippen LogP contribution is 2.11. The van der Waals surface area contributed by atoms with Gasteiger partial charge in [-0.25, -0.2) is 0 Å². The van der Waals surface area contributed by atoms with Crippen LogP contribution in [-0.2, 0) is 16.1 Å². The van der Waals surface area contributed by atoms with Crippen LogP contribution in [0.4, 0.5) is 0 Å². The molecule has 34 heavy (non-hydrogen) atoms. The quantitative estimate of drug-likeness (QED) is 0.593. The average molecular weight is 461 g/mol. The molecule has 0 aromatic heterocycles. The molecule has 0 aliphatic carbocycles. The third-order valence-electron chi connectivity index (χ3n) is 5.67. The standard InChI is InChI=1S/C28H32N2O4/c1-21(2)27(26(32)20-31)29-28(33)25-13-11-23(12-14-25)6-4-3-5-22-7-9-24(10-8-22)19-30-15-17-34-18-16-30/h3,5,7-14,21,27,31H,15-20H2,1-2H3,(H,29,33)/t27-/m0/s1. The first-order valence-electron chi connectivity index (χ1n) is 11.6. The van der Waals surface area contributed by atoms with Gasteiger partial charge in [0, 0.05) is 30.8 Å². The van der Waals surface area contributed by atoms with Gasteiger partial charge < -0.3 is 15.2 Å². The topological polar surface area (TPSA) is 78.9 Å². The van der Waals surface area contributed by atoms with E-state index in [9.17, 15) is 9.59 Å². The number of hydrogen-bond donors (Lipinski definition) is 2. The third-order valence-corrected chi connectivity index (χ3v) is 5.67. The van der Waals surface area contributed by atoms with Gasteiger partial charge in [0.05, 0.1) is 19.3 Å². The number of aliphatic hydroxyl groups is 1. The number of ketones is 1. The molecule has 2 N–H and O–H groups in total. The van der Waals surface area contributed by atoms with E-state index in [0.717, 1.165) is 44.0 Å². The highest BCUT2D eigenvalue weighted by atomic mass is 16.5. The van der Waals surface area contributed by atoms with E-state index in [1.165, 1.54) is 5.56 Å². The van der Waals surface area contributed by atoms with Crippen molar-refractivity contribution < 1.29 is 19.4 Å². The van der Waals surface area contributed by atoms with Crippen LogP contribution in [0.1, 0.15) is 40.9 Å². The van der Waals surface area contributed by atoms with Crippen LogP contribution in [0.5, 0.6) is 0 Å². The smallest absolute Gasteiger partial charge is 0.251 e. The van der Waals surface area contributed by atoms with Gasteiger partial charge in [-0.1, -0.05) is 50.0 Å². The van der Waals surface area contributed by atoms with Crippen LogP contribution < -0.4 is 5.32 Å². The Morgan fingerprint density at radius 2 is 1.76 bits per heavy atom. The van der Waals surface area contributed by atoms with Crippen molar-refractivity contribution in [1.29, 1.82) is 0 Å². The lowest BCUT2D eigenvalue weighted by Gasteiger charge is -2.26. The lowest BCUT2D eigenvalue weighted by Crippen LogP contribution is -2.45. The highest BCUT2D eigenvalue weighted by molar-refractivity contribution is 5.98. The van der Waals surface area contributed by atoms with Gasteiger partial charge in [-0.05, 0) is 53.5 Å². The number of aliphatic hydroxyl groups excluding tert-OH is 1. The molecule has 0 radical (unpaired) electrons. The van der Waals surface area contributed by atoms with Crippen LogP contribution in [-0.4, -0.2) is 60.6 Å². The molecule has 0 unspecified atom stereocenters. The molecule has 1 amide bonds. The molecule has 0 saturated carbocycles. The molecule has 6 heteroatoms. The molecular formula is C28H32N2O4. The number of rotatable bonds is 8. The summed E-state index contributed by atoms with van der Waals surface area (Å²) in [5.41, 5.74) is 3.60. The van der Waals surface area contributed by atoms with Gasteiger partial charge in [0.1, 0.15) is 6.61 Å². The van der Waals surface area contributed by atoms with Gasteiger partial charge in [0.15, 0.2) is 5.78 Å². The zero-order chi connectivity index (χ0) is 24.3. The molecule has 1 saturated heterocycles. The number of carbonyl (C=O) groups excluding carboxylic acids is 2. The summed E-state index contributed by atoms with van der Waals surface area (Å²) in [5, 5.41) is 11.8. The summed E-state index contributed by atoms with van der Waals surface area (Å²) in [6.07, 6.45) is 3.78. The summed E-state index contributed by atoms with van der Waals surface area (Å²) in [6, 6.07) is 14.7. The first kappa shape index (κ1) is 25.4. The zero-order valence-corrected chi connectivity index (χ0v) is 19.8. The van der Waals surface area contributed by atoms with Gasteiger partial charge >= 0.3 is 0 Å². The second kappa shape index (κ2) is 12.9. The lowest BCUT2D eigenvalue weighted by molar-refractivity contribution is -0.124. The van der Waals surface area contributed by atoms with Crippen LogP contribution in [0.2, 0.25) is 0 Å². The predicted molar refractivity (Wildman–Crippen MR) is 133 cm³/mol. The second-order valence-electron chi connectivity index (χ2n) is 8.63. The largest absolute Gasteiger partial charge is 0.389 e. The van der Waals surface area contributed by atoms with Crippen molar-refractivity contribution >= 4 is 17.8 Å². The Morgan fingerprint density at radius 3 is 2.38 bits per heavy atom. The summed E-state index contributed by atoms with van der Waals surface area (Å²) in [4.78, 5) is 26.7. The van der Waals surface area contributed by atoms with E-state index in [1.54, 1.807) is 24.3 Å². The number of amides is 1. The van der Waals surface area contributed by atoms with Gasteiger partial charge in [-0.2, -0.15) is 0 Å². The van der Waals surface area contributed by atoms with Gasteiger partial charge in [0.25, 0.3) is 5.91 Å². The maximum Gasteiger partial charge on any atom is 0.251 e. The van der Waals surface area contributed by atoms with E-state index in [1.807, 2.05) is 26.0 Å². The summed E-state index contributed by atoms with van der Waals surface area (Å²) in [6.45, 7) is 7.56. The Kier molecular flexibility index (Phi) is 9.60. The lowest BCUT2D eigenvalue weighted by atomic mass is 9.99. The van der Waals surface area contributed by atoms with E-state index >= 15 is 0 Å². The molecule has 6 nitrogen and oxygen atoms in total. The predicted octanol–water partition coefficient (Wildman–Crippen LogP) is 2.90. The minimum absolute atomic E-state index is 0.110. The second-order valence-corrected chi connectivity index (χ2v) is 8.63. The summed E-state index contributed by atoms with van der Waals surface area (Å²) in [7, 11) is 0. The fourth-order valence-corrected chi connectivity index (χ4v) is 3.66. The summed E-state index contributed by atoms with van der Waals surface area (Å²) in [5.74, 6) is 5.22. The maximum absolute atomic E-state index is 12.4. The minimum Gasteiger partial charge on any atom is -0.389 e. The molecule has 178 valence electrons. The van der Waals surface area contributed by atoms with Crippen molar-refractivity contribution in [2.45, 2.75) is 26.4 Å². The molecule has 3 rings (SSSR count). The van der Waals surface area contributed by atoms with Gasteiger partial charge in [0.2, 0.25) is 0 Å². The molecular weight excluding hydrogens is 428 g/mol. The van der Waals surface area contributed by atoms with Crippen LogP contribution in [0.25, 0.3) is 6.08 Å². The Balaban J connectivity index is 1.53. The molecule has 1 atom stereocenters. The highest BCUT2D eigenvalue weighted by Gasteiger charge is 2.23. The van der Waals surface area contributed by atoms with Crippen LogP contribution in [0.3, 0.4) is 0 Å². The van der Waals surface area contributed by atoms with E-state index in [2.05, 4.69) is 46.3 Å². The van der Waals surface area contributed by atoms with Crippen LogP contribution >= 0.6 is 0 Å². The number of Topliss-reactive ketones (excluding diaryl/α,β-unsaturated/α-hetero) is 1. The maximum atomic E-state index is 12.4. The van der Waals surface area contributed by atoms with Crippen molar-refractivity contribution in [3.05, 3.63) is 76.9 Å². The molecule has 1 fully saturated rings. The first-order chi connectivity index (χ1) is 16.5. The molecule has 1 heterocycles. The molecule has 1 aliphatic rings. The van der Waals surface area contributed by atoms with Crippen molar-refractivity contribution in [2.75, 3.05) is 32.9 Å². The Hall–Kier alpha value is -3.24. The fraction of sp³-hybridized carbons (Fsp3) is 0.357. The van der Waals surface area contributed by atoms with E-state index < -0.39 is 18.4 Å². The zero-order valence-electron chi connectivity index (χ0n) is 19.8. The first-order valence-corrected chi connectivity index (χ1v) is 11.6.